The Labute approximate surface area is 166 Å². The topological polar surface area (TPSA) is 59.0 Å². The molecule has 2 unspecified atom stereocenters. The van der Waals surface area contributed by atoms with Crippen LogP contribution in [-0.4, -0.2) is 41.8 Å². The molecule has 1 aliphatic rings. The molecule has 28 heavy (non-hydrogen) atoms. The van der Waals surface area contributed by atoms with Gasteiger partial charge in [-0.05, 0) is 56.9 Å². The second kappa shape index (κ2) is 9.11. The number of nitrogens with zero attached hydrogens (tertiary/aromatic N) is 1. The zero-order valence-electron chi connectivity index (χ0n) is 16.9. The SMILES string of the molecule is CCOc1ccc(C(c2ccc(C)cc2)N2CCCC2C(=O)O)cc1OCC. The van der Waals surface area contributed by atoms with Gasteiger partial charge in [-0.2, -0.15) is 0 Å². The Balaban J connectivity index is 2.07. The van der Waals surface area contributed by atoms with Gasteiger partial charge < -0.3 is 14.6 Å². The lowest BCUT2D eigenvalue weighted by atomic mass is 9.95. The monoisotopic (exact) mass is 383 g/mol. The van der Waals surface area contributed by atoms with Gasteiger partial charge in [0.25, 0.3) is 0 Å². The minimum atomic E-state index is -0.759. The first-order valence-corrected chi connectivity index (χ1v) is 9.99. The van der Waals surface area contributed by atoms with Gasteiger partial charge in [-0.1, -0.05) is 35.9 Å². The first-order chi connectivity index (χ1) is 13.5. The van der Waals surface area contributed by atoms with E-state index < -0.39 is 12.0 Å². The first kappa shape index (κ1) is 20.2. The Kier molecular flexibility index (Phi) is 6.57. The fraction of sp³-hybridized carbons (Fsp3) is 0.435. The fourth-order valence-corrected chi connectivity index (χ4v) is 3.93. The summed E-state index contributed by atoms with van der Waals surface area (Å²) >= 11 is 0. The smallest absolute Gasteiger partial charge is 0.320 e. The quantitative estimate of drug-likeness (QED) is 0.731. The van der Waals surface area contributed by atoms with Gasteiger partial charge in [0.15, 0.2) is 11.5 Å². The van der Waals surface area contributed by atoms with Crippen LogP contribution in [0.2, 0.25) is 0 Å². The van der Waals surface area contributed by atoms with Gasteiger partial charge in [0.2, 0.25) is 0 Å². The van der Waals surface area contributed by atoms with Gasteiger partial charge >= 0.3 is 5.97 Å². The number of carboxylic acids is 1. The summed E-state index contributed by atoms with van der Waals surface area (Å²) in [6.45, 7) is 7.81. The summed E-state index contributed by atoms with van der Waals surface area (Å²) in [6.07, 6.45) is 1.56. The number of likely N-dealkylation sites (tertiary alicyclic amines) is 1. The van der Waals surface area contributed by atoms with Crippen molar-refractivity contribution >= 4 is 5.97 Å². The maximum Gasteiger partial charge on any atom is 0.320 e. The van der Waals surface area contributed by atoms with Gasteiger partial charge in [0.1, 0.15) is 6.04 Å². The number of carboxylic acid groups (broad SMARTS) is 1. The minimum absolute atomic E-state index is 0.140. The van der Waals surface area contributed by atoms with Crippen LogP contribution in [0.15, 0.2) is 42.5 Å². The van der Waals surface area contributed by atoms with Crippen LogP contribution in [0.1, 0.15) is 49.4 Å². The molecule has 0 amide bonds. The van der Waals surface area contributed by atoms with Gasteiger partial charge in [0, 0.05) is 6.54 Å². The van der Waals surface area contributed by atoms with Gasteiger partial charge in [-0.15, -0.1) is 0 Å². The molecule has 150 valence electrons. The summed E-state index contributed by atoms with van der Waals surface area (Å²) in [5.41, 5.74) is 3.29. The van der Waals surface area contributed by atoms with Crippen LogP contribution in [0.3, 0.4) is 0 Å². The van der Waals surface area contributed by atoms with Gasteiger partial charge in [-0.25, -0.2) is 0 Å². The van der Waals surface area contributed by atoms with Crippen LogP contribution < -0.4 is 9.47 Å². The van der Waals surface area contributed by atoms with Crippen molar-refractivity contribution in [3.8, 4) is 11.5 Å². The van der Waals surface area contributed by atoms with E-state index in [2.05, 4.69) is 36.1 Å². The molecule has 0 spiro atoms. The molecular weight excluding hydrogens is 354 g/mol. The fourth-order valence-electron chi connectivity index (χ4n) is 3.93. The summed E-state index contributed by atoms with van der Waals surface area (Å²) in [7, 11) is 0. The Morgan fingerprint density at radius 1 is 1.07 bits per heavy atom. The van der Waals surface area contributed by atoms with Crippen LogP contribution in [-0.2, 0) is 4.79 Å². The number of hydrogen-bond donors (Lipinski definition) is 1. The molecule has 1 fully saturated rings. The van der Waals surface area contributed by atoms with Crippen molar-refractivity contribution in [1.82, 2.24) is 4.90 Å². The second-order valence-electron chi connectivity index (χ2n) is 7.12. The van der Waals surface area contributed by atoms with E-state index in [9.17, 15) is 9.90 Å². The lowest BCUT2D eigenvalue weighted by Crippen LogP contribution is -2.39. The third-order valence-electron chi connectivity index (χ3n) is 5.19. The highest BCUT2D eigenvalue weighted by molar-refractivity contribution is 5.74. The highest BCUT2D eigenvalue weighted by Crippen LogP contribution is 2.38. The maximum atomic E-state index is 11.9. The van der Waals surface area contributed by atoms with E-state index >= 15 is 0 Å². The molecule has 0 radical (unpaired) electrons. The molecule has 0 saturated carbocycles. The molecule has 0 aromatic heterocycles. The molecule has 1 aliphatic heterocycles. The highest BCUT2D eigenvalue weighted by atomic mass is 16.5. The van der Waals surface area contributed by atoms with Crippen LogP contribution in [0.25, 0.3) is 0 Å². The van der Waals surface area contributed by atoms with Crippen molar-refractivity contribution in [2.45, 2.75) is 45.7 Å². The maximum absolute atomic E-state index is 11.9. The van der Waals surface area contributed by atoms with Crippen molar-refractivity contribution < 1.29 is 19.4 Å². The summed E-state index contributed by atoms with van der Waals surface area (Å²) in [5, 5.41) is 9.74. The Morgan fingerprint density at radius 2 is 1.71 bits per heavy atom. The first-order valence-electron chi connectivity index (χ1n) is 9.99. The number of aliphatic carboxylic acids is 1. The number of benzene rings is 2. The van der Waals surface area contributed by atoms with Crippen molar-refractivity contribution in [1.29, 1.82) is 0 Å². The largest absolute Gasteiger partial charge is 0.490 e. The van der Waals surface area contributed by atoms with Crippen molar-refractivity contribution in [2.24, 2.45) is 0 Å². The molecular formula is C23H29NO4. The highest BCUT2D eigenvalue weighted by Gasteiger charge is 2.37. The molecule has 0 aliphatic carbocycles. The summed E-state index contributed by atoms with van der Waals surface area (Å²) in [5.74, 6) is 0.655. The number of rotatable bonds is 8. The van der Waals surface area contributed by atoms with Crippen LogP contribution in [0, 0.1) is 6.92 Å². The van der Waals surface area contributed by atoms with Crippen molar-refractivity contribution in [2.75, 3.05) is 19.8 Å². The third kappa shape index (κ3) is 4.30. The Bertz CT molecular complexity index is 803. The summed E-state index contributed by atoms with van der Waals surface area (Å²) in [4.78, 5) is 14.0. The van der Waals surface area contributed by atoms with Crippen molar-refractivity contribution in [3.05, 3.63) is 59.2 Å². The Morgan fingerprint density at radius 3 is 2.36 bits per heavy atom. The van der Waals surface area contributed by atoms with E-state index in [-0.39, 0.29) is 6.04 Å². The molecule has 1 heterocycles. The number of hydrogen-bond acceptors (Lipinski definition) is 4. The van der Waals surface area contributed by atoms with Crippen LogP contribution in [0.5, 0.6) is 11.5 Å². The standard InChI is InChI=1S/C23H29NO4/c1-4-27-20-13-12-18(15-21(20)28-5-2)22(17-10-8-16(3)9-11-17)24-14-6-7-19(24)23(25)26/h8-13,15,19,22H,4-7,14H2,1-3H3,(H,25,26). The third-order valence-corrected chi connectivity index (χ3v) is 5.19. The molecule has 0 bridgehead atoms. The molecule has 2 aromatic rings. The van der Waals surface area contributed by atoms with E-state index in [1.807, 2.05) is 32.0 Å². The molecule has 1 N–H and O–H groups in total. The molecule has 2 aromatic carbocycles. The van der Waals surface area contributed by atoms with Gasteiger partial charge in [-0.3, -0.25) is 9.69 Å². The number of aryl methyl sites for hydroxylation is 1. The second-order valence-corrected chi connectivity index (χ2v) is 7.12. The van der Waals surface area contributed by atoms with E-state index in [0.29, 0.717) is 31.1 Å². The lowest BCUT2D eigenvalue weighted by molar-refractivity contribution is -0.142. The van der Waals surface area contributed by atoms with Crippen LogP contribution >= 0.6 is 0 Å². The van der Waals surface area contributed by atoms with E-state index in [1.54, 1.807) is 0 Å². The molecule has 1 saturated heterocycles. The van der Waals surface area contributed by atoms with E-state index in [0.717, 1.165) is 24.1 Å². The van der Waals surface area contributed by atoms with E-state index in [1.165, 1.54) is 5.56 Å². The molecule has 2 atom stereocenters. The summed E-state index contributed by atoms with van der Waals surface area (Å²) in [6, 6.07) is 13.7. The lowest BCUT2D eigenvalue weighted by Gasteiger charge is -2.32. The summed E-state index contributed by atoms with van der Waals surface area (Å²) < 4.78 is 11.5. The number of ether oxygens (including phenoxy) is 2. The predicted octanol–water partition coefficient (Wildman–Crippen LogP) is 4.43. The molecule has 3 rings (SSSR count). The normalized spacial score (nSPS) is 18.0. The molecule has 5 nitrogen and oxygen atoms in total. The molecule has 5 heteroatoms. The predicted molar refractivity (Wildman–Crippen MR) is 109 cm³/mol. The minimum Gasteiger partial charge on any atom is -0.490 e. The average molecular weight is 383 g/mol. The van der Waals surface area contributed by atoms with E-state index in [4.69, 9.17) is 9.47 Å². The average Bonchev–Trinajstić information content (AvgIpc) is 3.15. The zero-order valence-corrected chi connectivity index (χ0v) is 16.9. The Hall–Kier alpha value is -2.53. The zero-order chi connectivity index (χ0) is 20.1. The van der Waals surface area contributed by atoms with Crippen LogP contribution in [0.4, 0.5) is 0 Å². The van der Waals surface area contributed by atoms with Gasteiger partial charge in [0.05, 0.1) is 19.3 Å². The number of carbonyl (C=O) groups is 1. The van der Waals surface area contributed by atoms with Crippen molar-refractivity contribution in [3.63, 3.8) is 0 Å².